The summed E-state index contributed by atoms with van der Waals surface area (Å²) in [7, 11) is 1.65. The van der Waals surface area contributed by atoms with Gasteiger partial charge in [-0.25, -0.2) is 0 Å². The van der Waals surface area contributed by atoms with Gasteiger partial charge in [0.2, 0.25) is 0 Å². The van der Waals surface area contributed by atoms with Gasteiger partial charge in [0.25, 0.3) is 0 Å². The number of nitrogens with one attached hydrogen (secondary N) is 1. The highest BCUT2D eigenvalue weighted by molar-refractivity contribution is 5.77. The second-order valence-corrected chi connectivity index (χ2v) is 3.05. The number of aliphatic imine (C=N–C) groups is 1. The first kappa shape index (κ1) is 11.9. The van der Waals surface area contributed by atoms with E-state index in [1.54, 1.807) is 14.0 Å². The number of nitrogens with two attached hydrogens (primary N) is 1. The number of Topliss-reactive ketones (excluding diaryl/α,β-unsaturated/α-hetero) is 1. The van der Waals surface area contributed by atoms with Gasteiger partial charge in [-0.3, -0.25) is 4.99 Å². The lowest BCUT2D eigenvalue weighted by molar-refractivity contribution is -0.117. The summed E-state index contributed by atoms with van der Waals surface area (Å²) in [6, 6.07) is 0. The Morgan fingerprint density at radius 3 is 2.62 bits per heavy atom. The van der Waals surface area contributed by atoms with Crippen LogP contribution in [0.4, 0.5) is 0 Å². The van der Waals surface area contributed by atoms with Gasteiger partial charge in [0.15, 0.2) is 5.96 Å². The Labute approximate surface area is 79.6 Å². The summed E-state index contributed by atoms with van der Waals surface area (Å²) in [6.07, 6.45) is 3.75. The van der Waals surface area contributed by atoms with Crippen LogP contribution in [0, 0.1) is 0 Å². The Bertz CT molecular complexity index is 178. The second-order valence-electron chi connectivity index (χ2n) is 3.05. The molecule has 0 saturated heterocycles. The number of nitrogens with zero attached hydrogens (tertiary/aromatic N) is 1. The monoisotopic (exact) mass is 185 g/mol. The fourth-order valence-electron chi connectivity index (χ4n) is 0.971. The molecule has 76 valence electrons. The number of ketones is 1. The lowest BCUT2D eigenvalue weighted by Gasteiger charge is -2.03. The summed E-state index contributed by atoms with van der Waals surface area (Å²) in [5.74, 6) is 0.745. The SMILES string of the molecule is CN=C(N)NCCCCCC(C)=O. The van der Waals surface area contributed by atoms with Gasteiger partial charge in [0, 0.05) is 20.0 Å². The van der Waals surface area contributed by atoms with Crippen molar-refractivity contribution >= 4 is 11.7 Å². The van der Waals surface area contributed by atoms with E-state index in [9.17, 15) is 4.79 Å². The predicted molar refractivity (Wildman–Crippen MR) is 54.7 cm³/mol. The number of hydrogen-bond acceptors (Lipinski definition) is 2. The number of rotatable bonds is 6. The molecule has 0 spiro atoms. The molecule has 0 fully saturated rings. The third-order valence-corrected chi connectivity index (χ3v) is 1.75. The Morgan fingerprint density at radius 1 is 1.38 bits per heavy atom. The van der Waals surface area contributed by atoms with Crippen LogP contribution in [0.3, 0.4) is 0 Å². The Balaban J connectivity index is 3.13. The largest absolute Gasteiger partial charge is 0.370 e. The Kier molecular flexibility index (Phi) is 6.96. The van der Waals surface area contributed by atoms with Crippen LogP contribution in [0.5, 0.6) is 0 Å². The van der Waals surface area contributed by atoms with Gasteiger partial charge in [-0.15, -0.1) is 0 Å². The topological polar surface area (TPSA) is 67.5 Å². The molecule has 3 N–H and O–H groups in total. The van der Waals surface area contributed by atoms with Crippen LogP contribution in [-0.4, -0.2) is 25.3 Å². The second kappa shape index (κ2) is 7.58. The predicted octanol–water partition coefficient (Wildman–Crippen LogP) is 0.670. The van der Waals surface area contributed by atoms with Crippen molar-refractivity contribution < 1.29 is 4.79 Å². The molecule has 0 aliphatic rings. The minimum Gasteiger partial charge on any atom is -0.370 e. The molecule has 0 aliphatic heterocycles. The molecule has 0 radical (unpaired) electrons. The van der Waals surface area contributed by atoms with Crippen molar-refractivity contribution in [2.75, 3.05) is 13.6 Å². The first-order chi connectivity index (χ1) is 6.16. The van der Waals surface area contributed by atoms with Crippen molar-refractivity contribution in [1.29, 1.82) is 0 Å². The average Bonchev–Trinajstić information content (AvgIpc) is 2.10. The smallest absolute Gasteiger partial charge is 0.188 e. The summed E-state index contributed by atoms with van der Waals surface area (Å²) in [5, 5.41) is 2.96. The quantitative estimate of drug-likeness (QED) is 0.363. The maximum Gasteiger partial charge on any atom is 0.188 e. The average molecular weight is 185 g/mol. The van der Waals surface area contributed by atoms with E-state index < -0.39 is 0 Å². The molecule has 0 aromatic heterocycles. The van der Waals surface area contributed by atoms with E-state index in [-0.39, 0.29) is 5.78 Å². The first-order valence-electron chi connectivity index (χ1n) is 4.62. The van der Waals surface area contributed by atoms with Crippen molar-refractivity contribution in [3.05, 3.63) is 0 Å². The zero-order valence-corrected chi connectivity index (χ0v) is 8.47. The first-order valence-corrected chi connectivity index (χ1v) is 4.62. The van der Waals surface area contributed by atoms with Crippen molar-refractivity contribution in [2.45, 2.75) is 32.6 Å². The van der Waals surface area contributed by atoms with Crippen molar-refractivity contribution in [3.8, 4) is 0 Å². The van der Waals surface area contributed by atoms with Crippen LogP contribution in [0.15, 0.2) is 4.99 Å². The lowest BCUT2D eigenvalue weighted by Crippen LogP contribution is -2.32. The molecule has 0 saturated carbocycles. The lowest BCUT2D eigenvalue weighted by atomic mass is 10.1. The van der Waals surface area contributed by atoms with Gasteiger partial charge in [-0.05, 0) is 19.8 Å². The number of hydrogen-bond donors (Lipinski definition) is 2. The minimum atomic E-state index is 0.266. The molecule has 4 heteroatoms. The van der Waals surface area contributed by atoms with Crippen LogP contribution in [0.1, 0.15) is 32.6 Å². The van der Waals surface area contributed by atoms with Gasteiger partial charge < -0.3 is 15.8 Å². The van der Waals surface area contributed by atoms with Crippen LogP contribution < -0.4 is 11.1 Å². The van der Waals surface area contributed by atoms with E-state index >= 15 is 0 Å². The summed E-state index contributed by atoms with van der Waals surface area (Å²) >= 11 is 0. The van der Waals surface area contributed by atoms with Gasteiger partial charge in [-0.2, -0.15) is 0 Å². The summed E-state index contributed by atoms with van der Waals surface area (Å²) in [5.41, 5.74) is 5.42. The zero-order valence-electron chi connectivity index (χ0n) is 8.47. The van der Waals surface area contributed by atoms with Crippen LogP contribution in [0.25, 0.3) is 0 Å². The normalized spacial score (nSPS) is 11.4. The Hall–Kier alpha value is -1.06. The van der Waals surface area contributed by atoms with Crippen LogP contribution >= 0.6 is 0 Å². The van der Waals surface area contributed by atoms with E-state index in [2.05, 4.69) is 10.3 Å². The standard InChI is InChI=1S/C9H19N3O/c1-8(13)6-4-3-5-7-12-9(10)11-2/h3-7H2,1-2H3,(H3,10,11,12). The summed E-state index contributed by atoms with van der Waals surface area (Å²) in [4.78, 5) is 14.3. The molecular formula is C9H19N3O. The van der Waals surface area contributed by atoms with E-state index in [0.29, 0.717) is 12.4 Å². The summed E-state index contributed by atoms with van der Waals surface area (Å²) < 4.78 is 0. The fourth-order valence-corrected chi connectivity index (χ4v) is 0.971. The van der Waals surface area contributed by atoms with Crippen molar-refractivity contribution in [2.24, 2.45) is 10.7 Å². The third kappa shape index (κ3) is 8.85. The third-order valence-electron chi connectivity index (χ3n) is 1.75. The molecule has 0 bridgehead atoms. The number of guanidine groups is 1. The highest BCUT2D eigenvalue weighted by Crippen LogP contribution is 1.98. The maximum atomic E-state index is 10.6. The summed E-state index contributed by atoms with van der Waals surface area (Å²) in [6.45, 7) is 2.46. The van der Waals surface area contributed by atoms with E-state index in [1.165, 1.54) is 0 Å². The van der Waals surface area contributed by atoms with Crippen LogP contribution in [-0.2, 0) is 4.79 Å². The number of carbonyl (C=O) groups excluding carboxylic acids is 1. The van der Waals surface area contributed by atoms with Crippen molar-refractivity contribution in [3.63, 3.8) is 0 Å². The van der Waals surface area contributed by atoms with Crippen molar-refractivity contribution in [1.82, 2.24) is 5.32 Å². The van der Waals surface area contributed by atoms with E-state index in [0.717, 1.165) is 25.8 Å². The number of unbranched alkanes of at least 4 members (excludes halogenated alkanes) is 2. The highest BCUT2D eigenvalue weighted by Gasteiger charge is 1.94. The van der Waals surface area contributed by atoms with E-state index in [4.69, 9.17) is 5.73 Å². The molecule has 0 aliphatic carbocycles. The van der Waals surface area contributed by atoms with Gasteiger partial charge in [0.1, 0.15) is 5.78 Å². The molecule has 4 nitrogen and oxygen atoms in total. The number of carbonyl (C=O) groups is 1. The zero-order chi connectivity index (χ0) is 10.1. The van der Waals surface area contributed by atoms with Gasteiger partial charge in [0.05, 0.1) is 0 Å². The van der Waals surface area contributed by atoms with Gasteiger partial charge >= 0.3 is 0 Å². The molecule has 0 atom stereocenters. The molecule has 13 heavy (non-hydrogen) atoms. The van der Waals surface area contributed by atoms with E-state index in [1.807, 2.05) is 0 Å². The minimum absolute atomic E-state index is 0.266. The molecule has 0 aromatic carbocycles. The fraction of sp³-hybridized carbons (Fsp3) is 0.778. The Morgan fingerprint density at radius 2 is 2.08 bits per heavy atom. The van der Waals surface area contributed by atoms with Crippen LogP contribution in [0.2, 0.25) is 0 Å². The molecule has 0 amide bonds. The van der Waals surface area contributed by atoms with Gasteiger partial charge in [-0.1, -0.05) is 6.42 Å². The maximum absolute atomic E-state index is 10.6. The molecule has 0 rings (SSSR count). The molecular weight excluding hydrogens is 166 g/mol. The molecule has 0 unspecified atom stereocenters. The highest BCUT2D eigenvalue weighted by atomic mass is 16.1. The molecule has 0 heterocycles. The molecule has 0 aromatic rings.